The lowest BCUT2D eigenvalue weighted by molar-refractivity contribution is 0.0942. The van der Waals surface area contributed by atoms with Gasteiger partial charge in [-0.3, -0.25) is 0 Å². The molecule has 0 amide bonds. The van der Waals surface area contributed by atoms with Crippen LogP contribution in [0, 0.1) is 0 Å². The maximum Gasteiger partial charge on any atom is 0.134 e. The molecule has 0 aromatic heterocycles. The van der Waals surface area contributed by atoms with E-state index in [0.29, 0.717) is 17.6 Å². The second-order valence-electron chi connectivity index (χ2n) is 3.21. The van der Waals surface area contributed by atoms with Gasteiger partial charge in [-0.25, -0.2) is 0 Å². The maximum atomic E-state index is 9.62. The van der Waals surface area contributed by atoms with E-state index >= 15 is 0 Å². The number of aliphatic hydroxyl groups is 2. The minimum atomic E-state index is -0.765. The van der Waals surface area contributed by atoms with E-state index in [9.17, 15) is 5.11 Å². The van der Waals surface area contributed by atoms with Crippen LogP contribution in [0.4, 0.5) is 0 Å². The lowest BCUT2D eigenvalue weighted by Crippen LogP contribution is -2.28. The van der Waals surface area contributed by atoms with Crippen LogP contribution in [-0.2, 0) is 6.54 Å². The van der Waals surface area contributed by atoms with Gasteiger partial charge in [0.1, 0.15) is 5.75 Å². The molecule has 1 aromatic rings. The van der Waals surface area contributed by atoms with Crippen LogP contribution < -0.4 is 5.32 Å². The van der Waals surface area contributed by atoms with Crippen molar-refractivity contribution in [2.45, 2.75) is 12.6 Å². The average Bonchev–Trinajstić information content (AvgIpc) is 2.24. The summed E-state index contributed by atoms with van der Waals surface area (Å²) in [6.45, 7) is 0.474. The fourth-order valence-corrected chi connectivity index (χ4v) is 1.55. The van der Waals surface area contributed by atoms with Crippen LogP contribution in [0.1, 0.15) is 5.56 Å². The smallest absolute Gasteiger partial charge is 0.134 e. The van der Waals surface area contributed by atoms with Gasteiger partial charge < -0.3 is 20.6 Å². The highest BCUT2D eigenvalue weighted by Crippen LogP contribution is 2.26. The first-order chi connectivity index (χ1) is 7.15. The molecule has 0 fully saturated rings. The van der Waals surface area contributed by atoms with E-state index in [-0.39, 0.29) is 12.4 Å². The fourth-order valence-electron chi connectivity index (χ4n) is 1.14. The van der Waals surface area contributed by atoms with Crippen molar-refractivity contribution in [3.8, 4) is 5.75 Å². The summed E-state index contributed by atoms with van der Waals surface area (Å²) in [4.78, 5) is 0. The van der Waals surface area contributed by atoms with Crippen LogP contribution in [0.3, 0.4) is 0 Å². The van der Waals surface area contributed by atoms with Crippen molar-refractivity contribution in [3.05, 3.63) is 28.2 Å². The fraction of sp³-hybridized carbons (Fsp3) is 0.400. The zero-order valence-corrected chi connectivity index (χ0v) is 9.74. The first-order valence-electron chi connectivity index (χ1n) is 4.61. The zero-order valence-electron chi connectivity index (χ0n) is 8.15. The molecule has 0 aliphatic heterocycles. The van der Waals surface area contributed by atoms with Gasteiger partial charge in [0.15, 0.2) is 0 Å². The Morgan fingerprint density at radius 3 is 2.80 bits per heavy atom. The molecule has 0 unspecified atom stereocenters. The first kappa shape index (κ1) is 12.4. The molecule has 84 valence electrons. The van der Waals surface area contributed by atoms with Crippen molar-refractivity contribution in [2.75, 3.05) is 13.2 Å². The Bertz CT molecular complexity index is 320. The monoisotopic (exact) mass is 275 g/mol. The molecule has 0 heterocycles. The Morgan fingerprint density at radius 2 is 2.13 bits per heavy atom. The summed E-state index contributed by atoms with van der Waals surface area (Å²) in [5.74, 6) is 0.198. The number of aromatic hydroxyl groups is 1. The van der Waals surface area contributed by atoms with Gasteiger partial charge in [-0.05, 0) is 22.0 Å². The topological polar surface area (TPSA) is 72.7 Å². The summed E-state index contributed by atoms with van der Waals surface area (Å²) in [5.41, 5.74) is 0.745. The molecule has 0 saturated heterocycles. The van der Waals surface area contributed by atoms with Crippen molar-refractivity contribution in [2.24, 2.45) is 0 Å². The average molecular weight is 276 g/mol. The lowest BCUT2D eigenvalue weighted by atomic mass is 10.2. The van der Waals surface area contributed by atoms with Gasteiger partial charge in [-0.15, -0.1) is 0 Å². The van der Waals surface area contributed by atoms with Gasteiger partial charge in [0.2, 0.25) is 0 Å². The predicted octanol–water partition coefficient (Wildman–Crippen LogP) is 0.597. The van der Waals surface area contributed by atoms with Gasteiger partial charge in [-0.2, -0.15) is 0 Å². The van der Waals surface area contributed by atoms with Gasteiger partial charge in [-0.1, -0.05) is 12.1 Å². The second-order valence-corrected chi connectivity index (χ2v) is 4.07. The Kier molecular flexibility index (Phi) is 5.04. The zero-order chi connectivity index (χ0) is 11.3. The standard InChI is InChI=1S/C10H14BrNO3/c11-9-3-1-2-7(10(9)15)4-12-5-8(14)6-13/h1-3,8,12-15H,4-6H2/t8-/m1/s1. The number of phenolic OH excluding ortho intramolecular Hbond substituents is 1. The Hall–Kier alpha value is -0.620. The Balaban J connectivity index is 2.47. The maximum absolute atomic E-state index is 9.62. The first-order valence-corrected chi connectivity index (χ1v) is 5.40. The number of para-hydroxylation sites is 1. The Labute approximate surface area is 96.7 Å². The molecule has 1 atom stereocenters. The molecular formula is C10H14BrNO3. The van der Waals surface area contributed by atoms with Crippen LogP contribution in [0.2, 0.25) is 0 Å². The molecule has 0 radical (unpaired) electrons. The third-order valence-electron chi connectivity index (χ3n) is 1.98. The lowest BCUT2D eigenvalue weighted by Gasteiger charge is -2.10. The number of aliphatic hydroxyl groups excluding tert-OH is 2. The summed E-state index contributed by atoms with van der Waals surface area (Å²) < 4.78 is 0.643. The van der Waals surface area contributed by atoms with E-state index in [1.165, 1.54) is 0 Å². The van der Waals surface area contributed by atoms with Crippen LogP contribution >= 0.6 is 15.9 Å². The minimum absolute atomic E-state index is 0.198. The molecule has 0 aliphatic carbocycles. The van der Waals surface area contributed by atoms with E-state index < -0.39 is 6.10 Å². The van der Waals surface area contributed by atoms with Crippen molar-refractivity contribution in [1.29, 1.82) is 0 Å². The predicted molar refractivity (Wildman–Crippen MR) is 60.6 cm³/mol. The molecule has 4 nitrogen and oxygen atoms in total. The van der Waals surface area contributed by atoms with E-state index in [0.717, 1.165) is 5.56 Å². The summed E-state index contributed by atoms with van der Waals surface area (Å²) in [5, 5.41) is 30.2. The van der Waals surface area contributed by atoms with E-state index in [1.807, 2.05) is 6.07 Å². The number of rotatable bonds is 5. The summed E-state index contributed by atoms with van der Waals surface area (Å²) in [6, 6.07) is 5.36. The normalized spacial score (nSPS) is 12.7. The van der Waals surface area contributed by atoms with E-state index in [4.69, 9.17) is 10.2 Å². The van der Waals surface area contributed by atoms with Crippen LogP contribution in [-0.4, -0.2) is 34.6 Å². The molecule has 1 rings (SSSR count). The van der Waals surface area contributed by atoms with Crippen molar-refractivity contribution >= 4 is 15.9 Å². The van der Waals surface area contributed by atoms with Crippen LogP contribution in [0.5, 0.6) is 5.75 Å². The van der Waals surface area contributed by atoms with Crippen molar-refractivity contribution in [3.63, 3.8) is 0 Å². The molecule has 0 spiro atoms. The van der Waals surface area contributed by atoms with Crippen LogP contribution in [0.15, 0.2) is 22.7 Å². The molecule has 15 heavy (non-hydrogen) atoms. The second kappa shape index (κ2) is 6.07. The molecule has 0 saturated carbocycles. The molecule has 1 aromatic carbocycles. The third-order valence-corrected chi connectivity index (χ3v) is 2.62. The number of hydrogen-bond donors (Lipinski definition) is 4. The van der Waals surface area contributed by atoms with Crippen LogP contribution in [0.25, 0.3) is 0 Å². The van der Waals surface area contributed by atoms with E-state index in [1.54, 1.807) is 12.1 Å². The molecule has 5 heteroatoms. The SMILES string of the molecule is OC[C@H](O)CNCc1cccc(Br)c1O. The quantitative estimate of drug-likeness (QED) is 0.635. The number of hydrogen-bond acceptors (Lipinski definition) is 4. The van der Waals surface area contributed by atoms with Crippen molar-refractivity contribution < 1.29 is 15.3 Å². The summed E-state index contributed by atoms with van der Waals surface area (Å²) >= 11 is 3.21. The third kappa shape index (κ3) is 3.79. The molecule has 4 N–H and O–H groups in total. The van der Waals surface area contributed by atoms with Gasteiger partial charge in [0.25, 0.3) is 0 Å². The highest BCUT2D eigenvalue weighted by Gasteiger charge is 2.05. The summed E-state index contributed by atoms with van der Waals surface area (Å²) in [7, 11) is 0. The molecular weight excluding hydrogens is 262 g/mol. The van der Waals surface area contributed by atoms with Crippen molar-refractivity contribution in [1.82, 2.24) is 5.32 Å². The Morgan fingerprint density at radius 1 is 1.40 bits per heavy atom. The highest BCUT2D eigenvalue weighted by molar-refractivity contribution is 9.10. The number of nitrogens with one attached hydrogen (secondary N) is 1. The molecule has 0 bridgehead atoms. The number of phenols is 1. The largest absolute Gasteiger partial charge is 0.506 e. The summed E-state index contributed by atoms with van der Waals surface area (Å²) in [6.07, 6.45) is -0.765. The molecule has 0 aliphatic rings. The van der Waals surface area contributed by atoms with Gasteiger partial charge in [0, 0.05) is 18.7 Å². The van der Waals surface area contributed by atoms with E-state index in [2.05, 4.69) is 21.2 Å². The highest BCUT2D eigenvalue weighted by atomic mass is 79.9. The number of halogens is 1. The minimum Gasteiger partial charge on any atom is -0.506 e. The number of benzene rings is 1. The van der Waals surface area contributed by atoms with Gasteiger partial charge >= 0.3 is 0 Å². The van der Waals surface area contributed by atoms with Gasteiger partial charge in [0.05, 0.1) is 17.2 Å².